The molecule has 4 rings (SSSR count). The Morgan fingerprint density at radius 1 is 1.00 bits per heavy atom. The Balaban J connectivity index is 1.62. The van der Waals surface area contributed by atoms with Gasteiger partial charge in [-0.05, 0) is 31.2 Å². The third-order valence-corrected chi connectivity index (χ3v) is 5.75. The van der Waals surface area contributed by atoms with Gasteiger partial charge in [-0.1, -0.05) is 29.8 Å². The highest BCUT2D eigenvalue weighted by Gasteiger charge is 2.48. The van der Waals surface area contributed by atoms with Crippen molar-refractivity contribution >= 4 is 40.7 Å². The first-order valence-electron chi connectivity index (χ1n) is 9.78. The number of para-hydroxylation sites is 1. The van der Waals surface area contributed by atoms with Crippen LogP contribution in [0, 0.1) is 5.92 Å². The normalized spacial score (nSPS) is 18.6. The van der Waals surface area contributed by atoms with Crippen molar-refractivity contribution in [3.8, 4) is 11.5 Å². The van der Waals surface area contributed by atoms with Crippen LogP contribution in [0.2, 0.25) is 0 Å². The lowest BCUT2D eigenvalue weighted by Gasteiger charge is -2.18. The predicted molar refractivity (Wildman–Crippen MR) is 119 cm³/mol. The Labute approximate surface area is 189 Å². The second-order valence-corrected chi connectivity index (χ2v) is 7.64. The van der Waals surface area contributed by atoms with Crippen LogP contribution in [0.4, 0.5) is 5.69 Å². The quantitative estimate of drug-likeness (QED) is 0.627. The van der Waals surface area contributed by atoms with Gasteiger partial charge in [-0.15, -0.1) is 0 Å². The molecule has 2 aromatic carbocycles. The number of nitrogens with zero attached hydrogens (tertiary/aromatic N) is 3. The smallest absolute Gasteiger partial charge is 0.273 e. The van der Waals surface area contributed by atoms with Crippen molar-refractivity contribution in [2.45, 2.75) is 13.5 Å². The molecule has 0 radical (unpaired) electrons. The Morgan fingerprint density at radius 3 is 2.38 bits per heavy atom. The molecule has 0 fully saturated rings. The van der Waals surface area contributed by atoms with E-state index in [1.165, 1.54) is 19.2 Å². The number of imide groups is 1. The van der Waals surface area contributed by atoms with E-state index in [1.54, 1.807) is 49.4 Å². The molecular formula is C23H20ClN3O5. The lowest BCUT2D eigenvalue weighted by atomic mass is 9.94. The van der Waals surface area contributed by atoms with Crippen LogP contribution in [0.1, 0.15) is 12.5 Å². The predicted octanol–water partition coefficient (Wildman–Crippen LogP) is 3.10. The summed E-state index contributed by atoms with van der Waals surface area (Å²) in [6.45, 7) is 1.57. The van der Waals surface area contributed by atoms with E-state index in [1.807, 2.05) is 6.07 Å². The monoisotopic (exact) mass is 453 g/mol. The number of benzene rings is 2. The lowest BCUT2D eigenvalue weighted by Crippen LogP contribution is -2.35. The van der Waals surface area contributed by atoms with E-state index in [2.05, 4.69) is 5.10 Å². The summed E-state index contributed by atoms with van der Waals surface area (Å²) in [6.07, 6.45) is 0. The highest BCUT2D eigenvalue weighted by Crippen LogP contribution is 2.37. The summed E-state index contributed by atoms with van der Waals surface area (Å²) >= 11 is 6.30. The van der Waals surface area contributed by atoms with Gasteiger partial charge >= 0.3 is 0 Å². The minimum Gasteiger partial charge on any atom is -0.497 e. The molecule has 2 heterocycles. The maximum atomic E-state index is 13.2. The van der Waals surface area contributed by atoms with Crippen LogP contribution in [0.5, 0.6) is 11.5 Å². The molecule has 2 aliphatic heterocycles. The Morgan fingerprint density at radius 2 is 1.72 bits per heavy atom. The van der Waals surface area contributed by atoms with Crippen LogP contribution in [-0.4, -0.2) is 42.6 Å². The molecule has 1 atom stereocenters. The average Bonchev–Trinajstić information content (AvgIpc) is 3.21. The van der Waals surface area contributed by atoms with Gasteiger partial charge in [0.1, 0.15) is 22.4 Å². The molecule has 9 heteroatoms. The number of carbonyl (C=O) groups is 3. The Kier molecular flexibility index (Phi) is 5.71. The molecule has 0 spiro atoms. The molecule has 2 aliphatic rings. The van der Waals surface area contributed by atoms with Crippen molar-refractivity contribution in [2.75, 3.05) is 19.2 Å². The standard InChI is InChI=1S/C23H20ClN3O5/c1-13-18(22(29)27(25-13)15-7-5-4-6-8-15)19-20(24)23(30)26(21(19)28)12-14-9-10-16(31-2)11-17(14)32-3/h4-11,18H,12H2,1-3H3. The summed E-state index contributed by atoms with van der Waals surface area (Å²) in [5, 5.41) is 5.26. The number of hydrogen-bond acceptors (Lipinski definition) is 6. The van der Waals surface area contributed by atoms with E-state index >= 15 is 0 Å². The SMILES string of the molecule is COc1ccc(CN2C(=O)C(Cl)=C(C3C(=O)N(c4ccccc4)N=C3C)C2=O)c(OC)c1. The number of amides is 3. The number of anilines is 1. The summed E-state index contributed by atoms with van der Waals surface area (Å²) < 4.78 is 10.5. The number of methoxy groups -OCH3 is 2. The summed E-state index contributed by atoms with van der Waals surface area (Å²) in [4.78, 5) is 40.3. The summed E-state index contributed by atoms with van der Waals surface area (Å²) in [5.74, 6) is -1.72. The van der Waals surface area contributed by atoms with Gasteiger partial charge in [-0.2, -0.15) is 10.1 Å². The largest absolute Gasteiger partial charge is 0.497 e. The molecule has 1 unspecified atom stereocenters. The molecule has 3 amide bonds. The summed E-state index contributed by atoms with van der Waals surface area (Å²) in [5.41, 5.74) is 1.48. The Hall–Kier alpha value is -3.65. The van der Waals surface area contributed by atoms with Crippen molar-refractivity contribution in [1.82, 2.24) is 4.90 Å². The minimum atomic E-state index is -1.03. The highest BCUT2D eigenvalue weighted by atomic mass is 35.5. The summed E-state index contributed by atoms with van der Waals surface area (Å²) in [6, 6.07) is 13.9. The van der Waals surface area contributed by atoms with Crippen LogP contribution in [0.15, 0.2) is 64.2 Å². The fourth-order valence-electron chi connectivity index (χ4n) is 3.76. The van der Waals surface area contributed by atoms with Gasteiger partial charge in [-0.3, -0.25) is 19.3 Å². The number of hydrazone groups is 1. The molecule has 0 aliphatic carbocycles. The third-order valence-electron chi connectivity index (χ3n) is 5.39. The van der Waals surface area contributed by atoms with E-state index in [0.29, 0.717) is 28.5 Å². The van der Waals surface area contributed by atoms with Crippen molar-refractivity contribution in [3.63, 3.8) is 0 Å². The summed E-state index contributed by atoms with van der Waals surface area (Å²) in [7, 11) is 3.01. The number of carbonyl (C=O) groups excluding carboxylic acids is 3. The van der Waals surface area contributed by atoms with Gasteiger partial charge in [0.15, 0.2) is 0 Å². The van der Waals surface area contributed by atoms with Crippen molar-refractivity contribution in [3.05, 3.63) is 64.7 Å². The van der Waals surface area contributed by atoms with Gasteiger partial charge in [0.05, 0.1) is 37.7 Å². The highest BCUT2D eigenvalue weighted by molar-refractivity contribution is 6.49. The van der Waals surface area contributed by atoms with Crippen LogP contribution < -0.4 is 14.5 Å². The van der Waals surface area contributed by atoms with E-state index < -0.39 is 23.6 Å². The first-order chi connectivity index (χ1) is 15.4. The van der Waals surface area contributed by atoms with E-state index in [0.717, 1.165) is 4.90 Å². The second-order valence-electron chi connectivity index (χ2n) is 7.26. The molecule has 164 valence electrons. The molecular weight excluding hydrogens is 434 g/mol. The van der Waals surface area contributed by atoms with Gasteiger partial charge in [0.2, 0.25) is 0 Å². The average molecular weight is 454 g/mol. The lowest BCUT2D eigenvalue weighted by molar-refractivity contribution is -0.138. The van der Waals surface area contributed by atoms with Crippen molar-refractivity contribution < 1.29 is 23.9 Å². The molecule has 0 aromatic heterocycles. The second kappa shape index (κ2) is 8.47. The van der Waals surface area contributed by atoms with Gasteiger partial charge in [0, 0.05) is 11.6 Å². The van der Waals surface area contributed by atoms with Gasteiger partial charge in [0.25, 0.3) is 17.7 Å². The van der Waals surface area contributed by atoms with Crippen molar-refractivity contribution in [2.24, 2.45) is 11.0 Å². The van der Waals surface area contributed by atoms with Crippen LogP contribution >= 0.6 is 11.6 Å². The van der Waals surface area contributed by atoms with Crippen molar-refractivity contribution in [1.29, 1.82) is 0 Å². The maximum absolute atomic E-state index is 13.2. The zero-order chi connectivity index (χ0) is 23.0. The van der Waals surface area contributed by atoms with Crippen LogP contribution in [0.3, 0.4) is 0 Å². The molecule has 32 heavy (non-hydrogen) atoms. The van der Waals surface area contributed by atoms with Gasteiger partial charge < -0.3 is 9.47 Å². The minimum absolute atomic E-state index is 0.0613. The van der Waals surface area contributed by atoms with E-state index in [-0.39, 0.29) is 17.2 Å². The fraction of sp³-hybridized carbons (Fsp3) is 0.217. The van der Waals surface area contributed by atoms with Crippen LogP contribution in [0.25, 0.3) is 0 Å². The molecule has 0 saturated heterocycles. The molecule has 2 aromatic rings. The topological polar surface area (TPSA) is 88.5 Å². The third kappa shape index (κ3) is 3.52. The molecule has 0 saturated carbocycles. The number of hydrogen-bond donors (Lipinski definition) is 0. The zero-order valence-electron chi connectivity index (χ0n) is 17.7. The van der Waals surface area contributed by atoms with Crippen LogP contribution in [-0.2, 0) is 20.9 Å². The van der Waals surface area contributed by atoms with E-state index in [4.69, 9.17) is 21.1 Å². The molecule has 0 N–H and O–H groups in total. The Bertz CT molecular complexity index is 1180. The zero-order valence-corrected chi connectivity index (χ0v) is 18.4. The number of rotatable bonds is 6. The van der Waals surface area contributed by atoms with E-state index in [9.17, 15) is 14.4 Å². The maximum Gasteiger partial charge on any atom is 0.273 e. The first kappa shape index (κ1) is 21.6. The molecule has 8 nitrogen and oxygen atoms in total. The molecule has 0 bridgehead atoms. The number of ether oxygens (including phenoxy) is 2. The van der Waals surface area contributed by atoms with Gasteiger partial charge in [-0.25, -0.2) is 0 Å². The fourth-order valence-corrected chi connectivity index (χ4v) is 4.06. The number of halogens is 1. The first-order valence-corrected chi connectivity index (χ1v) is 10.2.